The van der Waals surface area contributed by atoms with Gasteiger partial charge in [-0.1, -0.05) is 96.8 Å². The van der Waals surface area contributed by atoms with E-state index in [1.54, 1.807) is 0 Å². The summed E-state index contributed by atoms with van der Waals surface area (Å²) in [7, 11) is 1.42. The molecule has 1 fully saturated rings. The predicted molar refractivity (Wildman–Crippen MR) is 132 cm³/mol. The van der Waals surface area contributed by atoms with Crippen LogP contribution in [0.25, 0.3) is 0 Å². The van der Waals surface area contributed by atoms with Gasteiger partial charge in [-0.25, -0.2) is 0 Å². The smallest absolute Gasteiger partial charge is 0.306 e. The fourth-order valence-electron chi connectivity index (χ4n) is 4.49. The summed E-state index contributed by atoms with van der Waals surface area (Å²) in [5, 5.41) is 0. The van der Waals surface area contributed by atoms with Gasteiger partial charge in [0, 0.05) is 26.1 Å². The van der Waals surface area contributed by atoms with E-state index in [2.05, 4.69) is 16.6 Å². The van der Waals surface area contributed by atoms with Gasteiger partial charge in [-0.2, -0.15) is 0 Å². The first kappa shape index (κ1) is 28.9. The van der Waals surface area contributed by atoms with Crippen molar-refractivity contribution >= 4 is 11.9 Å². The third-order valence-electron chi connectivity index (χ3n) is 6.68. The van der Waals surface area contributed by atoms with Gasteiger partial charge in [0.2, 0.25) is 0 Å². The number of esters is 2. The van der Waals surface area contributed by atoms with Crippen LogP contribution in [-0.2, 0) is 19.1 Å². The molecule has 0 radical (unpaired) electrons. The quantitative estimate of drug-likeness (QED) is 0.149. The van der Waals surface area contributed by atoms with E-state index in [1.165, 1.54) is 90.6 Å². The van der Waals surface area contributed by atoms with E-state index < -0.39 is 0 Å². The Morgan fingerprint density at radius 3 is 1.62 bits per heavy atom. The van der Waals surface area contributed by atoms with Crippen molar-refractivity contribution in [1.29, 1.82) is 0 Å². The summed E-state index contributed by atoms with van der Waals surface area (Å²) in [6, 6.07) is 0. The highest BCUT2D eigenvalue weighted by Gasteiger charge is 2.22. The number of carbonyl (C=O) groups is 2. The highest BCUT2D eigenvalue weighted by molar-refractivity contribution is 5.69. The summed E-state index contributed by atoms with van der Waals surface area (Å²) in [5.41, 5.74) is 0. The standard InChI is InChI=1S/C27H51NO4/c1-3-4-5-6-7-8-9-10-11-12-13-14-15-16-17-18-27(30)32-25-19-22-28(23-20-25)24-21-26(29)31-2/h25H,3-24H2,1-2H3. The van der Waals surface area contributed by atoms with Crippen molar-refractivity contribution in [3.05, 3.63) is 0 Å². The molecule has 0 aromatic heterocycles. The zero-order chi connectivity index (χ0) is 23.3. The van der Waals surface area contributed by atoms with Gasteiger partial charge in [-0.05, 0) is 19.3 Å². The van der Waals surface area contributed by atoms with Crippen LogP contribution in [-0.4, -0.2) is 49.7 Å². The summed E-state index contributed by atoms with van der Waals surface area (Å²) < 4.78 is 10.3. The minimum absolute atomic E-state index is 0.0345. The Kier molecular flexibility index (Phi) is 18.5. The third-order valence-corrected chi connectivity index (χ3v) is 6.68. The van der Waals surface area contributed by atoms with E-state index in [1.807, 2.05) is 0 Å². The average Bonchev–Trinajstić information content (AvgIpc) is 2.80. The molecular weight excluding hydrogens is 402 g/mol. The monoisotopic (exact) mass is 453 g/mol. The first-order valence-corrected chi connectivity index (χ1v) is 13.6. The average molecular weight is 454 g/mol. The van der Waals surface area contributed by atoms with Crippen molar-refractivity contribution in [3.8, 4) is 0 Å². The van der Waals surface area contributed by atoms with Crippen molar-refractivity contribution in [2.24, 2.45) is 0 Å². The van der Waals surface area contributed by atoms with Crippen molar-refractivity contribution in [1.82, 2.24) is 4.90 Å². The first-order chi connectivity index (χ1) is 15.7. The van der Waals surface area contributed by atoms with Gasteiger partial charge in [0.1, 0.15) is 6.10 Å². The van der Waals surface area contributed by atoms with E-state index in [9.17, 15) is 9.59 Å². The van der Waals surface area contributed by atoms with E-state index in [0.29, 0.717) is 12.8 Å². The molecular formula is C27H51NO4. The van der Waals surface area contributed by atoms with Gasteiger partial charge >= 0.3 is 11.9 Å². The molecule has 1 aliphatic rings. The zero-order valence-electron chi connectivity index (χ0n) is 21.2. The number of ether oxygens (including phenoxy) is 2. The fraction of sp³-hybridized carbons (Fsp3) is 0.926. The van der Waals surface area contributed by atoms with Crippen LogP contribution in [0.15, 0.2) is 0 Å². The van der Waals surface area contributed by atoms with Gasteiger partial charge in [-0.15, -0.1) is 0 Å². The number of nitrogens with zero attached hydrogens (tertiary/aromatic N) is 1. The zero-order valence-corrected chi connectivity index (χ0v) is 21.2. The number of unbranched alkanes of at least 4 members (excludes halogenated alkanes) is 14. The molecule has 0 N–H and O–H groups in total. The molecule has 0 aliphatic carbocycles. The number of likely N-dealkylation sites (tertiary alicyclic amines) is 1. The van der Waals surface area contributed by atoms with E-state index >= 15 is 0 Å². The Bertz CT molecular complexity index is 461. The molecule has 188 valence electrons. The van der Waals surface area contributed by atoms with Gasteiger partial charge in [0.25, 0.3) is 0 Å². The predicted octanol–water partition coefficient (Wildman–Crippen LogP) is 6.82. The van der Waals surface area contributed by atoms with E-state index in [-0.39, 0.29) is 18.0 Å². The summed E-state index contributed by atoms with van der Waals surface area (Å²) in [5.74, 6) is -0.199. The lowest BCUT2D eigenvalue weighted by Gasteiger charge is -2.31. The molecule has 0 bridgehead atoms. The number of rotatable bonds is 20. The molecule has 1 aliphatic heterocycles. The van der Waals surface area contributed by atoms with Crippen LogP contribution in [0.1, 0.15) is 129 Å². The molecule has 0 saturated carbocycles. The first-order valence-electron chi connectivity index (χ1n) is 13.6. The number of carbonyl (C=O) groups excluding carboxylic acids is 2. The van der Waals surface area contributed by atoms with Crippen LogP contribution in [0.3, 0.4) is 0 Å². The molecule has 0 unspecified atom stereocenters. The fourth-order valence-corrected chi connectivity index (χ4v) is 4.49. The SMILES string of the molecule is CCCCCCCCCCCCCCCCCC(=O)OC1CCN(CCC(=O)OC)CC1. The molecule has 1 rings (SSSR count). The number of methoxy groups -OCH3 is 1. The summed E-state index contributed by atoms with van der Waals surface area (Å²) in [6.07, 6.45) is 22.8. The molecule has 0 aromatic rings. The van der Waals surface area contributed by atoms with Crippen LogP contribution in [0.4, 0.5) is 0 Å². The Morgan fingerprint density at radius 2 is 1.16 bits per heavy atom. The Balaban J connectivity index is 1.84. The summed E-state index contributed by atoms with van der Waals surface area (Å²) in [4.78, 5) is 25.6. The van der Waals surface area contributed by atoms with Crippen molar-refractivity contribution in [2.75, 3.05) is 26.7 Å². The summed E-state index contributed by atoms with van der Waals surface area (Å²) in [6.45, 7) is 4.77. The van der Waals surface area contributed by atoms with Crippen LogP contribution in [0.2, 0.25) is 0 Å². The second-order valence-corrected chi connectivity index (χ2v) is 9.56. The lowest BCUT2D eigenvalue weighted by molar-refractivity contribution is -0.151. The largest absolute Gasteiger partial charge is 0.469 e. The third kappa shape index (κ3) is 16.5. The second-order valence-electron chi connectivity index (χ2n) is 9.56. The molecule has 0 aromatic carbocycles. The van der Waals surface area contributed by atoms with Gasteiger partial charge in [-0.3, -0.25) is 9.59 Å². The topological polar surface area (TPSA) is 55.8 Å². The number of hydrogen-bond donors (Lipinski definition) is 0. The van der Waals surface area contributed by atoms with Crippen molar-refractivity contribution < 1.29 is 19.1 Å². The number of hydrogen-bond acceptors (Lipinski definition) is 5. The molecule has 1 heterocycles. The molecule has 0 amide bonds. The Labute approximate surface area is 198 Å². The van der Waals surface area contributed by atoms with Crippen LogP contribution >= 0.6 is 0 Å². The maximum atomic E-state index is 12.1. The highest BCUT2D eigenvalue weighted by Crippen LogP contribution is 2.17. The van der Waals surface area contributed by atoms with Crippen LogP contribution in [0.5, 0.6) is 0 Å². The normalized spacial score (nSPS) is 15.1. The number of piperidine rings is 1. The lowest BCUT2D eigenvalue weighted by atomic mass is 10.0. The molecule has 0 atom stereocenters. The van der Waals surface area contributed by atoms with Crippen LogP contribution < -0.4 is 0 Å². The van der Waals surface area contributed by atoms with Gasteiger partial charge < -0.3 is 14.4 Å². The molecule has 5 heteroatoms. The Morgan fingerprint density at radius 1 is 0.688 bits per heavy atom. The lowest BCUT2D eigenvalue weighted by Crippen LogP contribution is -2.38. The maximum Gasteiger partial charge on any atom is 0.306 e. The van der Waals surface area contributed by atoms with Gasteiger partial charge in [0.05, 0.1) is 13.5 Å². The highest BCUT2D eigenvalue weighted by atomic mass is 16.5. The molecule has 5 nitrogen and oxygen atoms in total. The molecule has 1 saturated heterocycles. The second kappa shape index (κ2) is 20.5. The minimum Gasteiger partial charge on any atom is -0.469 e. The van der Waals surface area contributed by atoms with Crippen molar-refractivity contribution in [2.45, 2.75) is 135 Å². The van der Waals surface area contributed by atoms with Crippen molar-refractivity contribution in [3.63, 3.8) is 0 Å². The molecule has 0 spiro atoms. The Hall–Kier alpha value is -1.10. The summed E-state index contributed by atoms with van der Waals surface area (Å²) >= 11 is 0. The van der Waals surface area contributed by atoms with E-state index in [0.717, 1.165) is 45.3 Å². The van der Waals surface area contributed by atoms with Gasteiger partial charge in [0.15, 0.2) is 0 Å². The van der Waals surface area contributed by atoms with Crippen LogP contribution in [0, 0.1) is 0 Å². The minimum atomic E-state index is -0.165. The molecule has 32 heavy (non-hydrogen) atoms. The maximum absolute atomic E-state index is 12.1. The van der Waals surface area contributed by atoms with E-state index in [4.69, 9.17) is 4.74 Å².